The molecule has 0 aliphatic carbocycles. The Kier molecular flexibility index (Phi) is 13.5. The normalized spacial score (nSPS) is 15.4. The van der Waals surface area contributed by atoms with E-state index in [-0.39, 0.29) is 23.8 Å². The van der Waals surface area contributed by atoms with E-state index >= 15 is 0 Å². The van der Waals surface area contributed by atoms with Gasteiger partial charge in [0, 0.05) is 30.1 Å². The number of piperidine rings is 1. The number of aromatic amines is 1. The Bertz CT molecular complexity index is 2000. The van der Waals surface area contributed by atoms with E-state index in [1.807, 2.05) is 18.2 Å². The van der Waals surface area contributed by atoms with Gasteiger partial charge >= 0.3 is 5.97 Å². The lowest BCUT2D eigenvalue weighted by molar-refractivity contribution is -0.164. The number of H-pyrrole nitrogens is 1. The van der Waals surface area contributed by atoms with Crippen LogP contribution in [0.2, 0.25) is 0 Å². The molecular formula is C44H51N3O7. The molecule has 4 aromatic carbocycles. The molecule has 0 spiro atoms. The maximum Gasteiger partial charge on any atom is 0.347 e. The number of benzene rings is 4. The number of hydrogen-bond acceptors (Lipinski definition) is 9. The van der Waals surface area contributed by atoms with E-state index in [0.717, 1.165) is 64.7 Å². The van der Waals surface area contributed by atoms with Crippen LogP contribution in [-0.4, -0.2) is 70.6 Å². The average molecular weight is 734 g/mol. The highest BCUT2D eigenvalue weighted by Gasteiger charge is 2.42. The first-order chi connectivity index (χ1) is 26.3. The third-order valence-corrected chi connectivity index (χ3v) is 10.3. The van der Waals surface area contributed by atoms with Crippen LogP contribution in [0.5, 0.6) is 11.5 Å². The Morgan fingerprint density at radius 2 is 1.59 bits per heavy atom. The van der Waals surface area contributed by atoms with Crippen LogP contribution in [0.4, 0.5) is 0 Å². The van der Waals surface area contributed by atoms with Crippen LogP contribution in [-0.2, 0) is 21.7 Å². The predicted molar refractivity (Wildman–Crippen MR) is 209 cm³/mol. The Morgan fingerprint density at radius 3 is 2.37 bits per heavy atom. The van der Waals surface area contributed by atoms with Crippen molar-refractivity contribution in [3.05, 3.63) is 142 Å². The number of aromatic hydroxyl groups is 1. The van der Waals surface area contributed by atoms with E-state index in [0.29, 0.717) is 46.5 Å². The van der Waals surface area contributed by atoms with Gasteiger partial charge in [-0.3, -0.25) is 9.69 Å². The SMILES string of the molecule is O=C(OCC1CCN(Cc2ccccc2)CC1)[C@](O)(c1ccccc1)c1cccc(OCCCCCCNC[C@@H](O)c2ccc(O)c3[nH]c(=O)ccc23)c1. The van der Waals surface area contributed by atoms with Gasteiger partial charge in [0.05, 0.1) is 24.8 Å². The number of likely N-dealkylation sites (tertiary alicyclic amines) is 1. The summed E-state index contributed by atoms with van der Waals surface area (Å²) in [6, 6.07) is 32.6. The Labute approximate surface area is 316 Å². The second-order valence-corrected chi connectivity index (χ2v) is 14.2. The molecule has 1 aromatic heterocycles. The lowest BCUT2D eigenvalue weighted by atomic mass is 9.86. The number of nitrogens with one attached hydrogen (secondary N) is 2. The van der Waals surface area contributed by atoms with Gasteiger partial charge in [0.1, 0.15) is 11.5 Å². The molecule has 1 aliphatic heterocycles. The van der Waals surface area contributed by atoms with Crippen molar-refractivity contribution in [3.8, 4) is 11.5 Å². The standard InChI is InChI=1S/C44H51N3O7/c48-39-20-18-37(38-19-21-41(50)46-42(38)39)40(49)29-45-24-9-1-2-10-27-53-36-17-11-16-35(28-36)44(52,34-14-7-4-8-15-34)43(51)54-31-33-22-25-47(26-23-33)30-32-12-5-3-6-13-32/h3-8,11-21,28,33,40,45,48-49,52H,1-2,9-10,22-27,29-31H2,(H,46,50)/t40-,44+/m1/s1. The fraction of sp³-hybridized carbons (Fsp3) is 0.364. The molecule has 6 rings (SSSR count). The molecule has 0 bridgehead atoms. The van der Waals surface area contributed by atoms with Crippen LogP contribution in [0.1, 0.15) is 66.9 Å². The highest BCUT2D eigenvalue weighted by atomic mass is 16.5. The van der Waals surface area contributed by atoms with E-state index in [2.05, 4.69) is 39.5 Å². The van der Waals surface area contributed by atoms with Crippen molar-refractivity contribution in [3.63, 3.8) is 0 Å². The van der Waals surface area contributed by atoms with Crippen LogP contribution in [0, 0.1) is 5.92 Å². The summed E-state index contributed by atoms with van der Waals surface area (Å²) in [6.07, 6.45) is 4.74. The zero-order valence-corrected chi connectivity index (χ0v) is 30.7. The number of hydrogen-bond donors (Lipinski definition) is 5. The quantitative estimate of drug-likeness (QED) is 0.0526. The number of aromatic nitrogens is 1. The van der Waals surface area contributed by atoms with Gasteiger partial charge in [-0.25, -0.2) is 4.79 Å². The number of ether oxygens (including phenoxy) is 2. The minimum Gasteiger partial charge on any atom is -0.506 e. The fourth-order valence-corrected chi connectivity index (χ4v) is 7.14. The molecule has 284 valence electrons. The zero-order chi connectivity index (χ0) is 37.8. The molecule has 54 heavy (non-hydrogen) atoms. The molecule has 0 saturated carbocycles. The maximum absolute atomic E-state index is 13.8. The third-order valence-electron chi connectivity index (χ3n) is 10.3. The summed E-state index contributed by atoms with van der Waals surface area (Å²) in [4.78, 5) is 30.5. The van der Waals surface area contributed by atoms with Gasteiger partial charge in [-0.05, 0) is 92.2 Å². The van der Waals surface area contributed by atoms with Gasteiger partial charge in [0.15, 0.2) is 0 Å². The number of esters is 1. The number of carbonyl (C=O) groups is 1. The summed E-state index contributed by atoms with van der Waals surface area (Å²) in [7, 11) is 0. The van der Waals surface area contributed by atoms with Crippen molar-refractivity contribution >= 4 is 16.9 Å². The van der Waals surface area contributed by atoms with Crippen LogP contribution in [0.3, 0.4) is 0 Å². The average Bonchev–Trinajstić information content (AvgIpc) is 3.20. The van der Waals surface area contributed by atoms with E-state index < -0.39 is 17.7 Å². The first-order valence-electron chi connectivity index (χ1n) is 19.0. The molecule has 0 amide bonds. The molecule has 1 fully saturated rings. The number of nitrogens with zero attached hydrogens (tertiary/aromatic N) is 1. The summed E-state index contributed by atoms with van der Waals surface area (Å²) < 4.78 is 11.9. The molecular weight excluding hydrogens is 682 g/mol. The minimum absolute atomic E-state index is 0.0334. The van der Waals surface area contributed by atoms with Crippen molar-refractivity contribution in [1.29, 1.82) is 0 Å². The number of rotatable bonds is 18. The molecule has 10 nitrogen and oxygen atoms in total. The number of pyridine rings is 1. The van der Waals surface area contributed by atoms with Gasteiger partial charge in [-0.2, -0.15) is 0 Å². The van der Waals surface area contributed by atoms with E-state index in [1.54, 1.807) is 54.6 Å². The summed E-state index contributed by atoms with van der Waals surface area (Å²) in [5.74, 6) is 0.0839. The monoisotopic (exact) mass is 733 g/mol. The molecule has 2 atom stereocenters. The molecule has 5 N–H and O–H groups in total. The molecule has 10 heteroatoms. The topological polar surface area (TPSA) is 144 Å². The number of unbranched alkanes of at least 4 members (excludes halogenated alkanes) is 3. The summed E-state index contributed by atoms with van der Waals surface area (Å²) in [5.41, 5.74) is 0.796. The van der Waals surface area contributed by atoms with Gasteiger partial charge in [0.2, 0.25) is 11.2 Å². The number of aliphatic hydroxyl groups excluding tert-OH is 1. The number of carbonyl (C=O) groups excluding carboxylic acids is 1. The first kappa shape index (κ1) is 38.7. The summed E-state index contributed by atoms with van der Waals surface area (Å²) in [6.45, 7) is 4.61. The fourth-order valence-electron chi connectivity index (χ4n) is 7.14. The second kappa shape index (κ2) is 18.9. The molecule has 1 aliphatic rings. The maximum atomic E-state index is 13.8. The van der Waals surface area contributed by atoms with Crippen LogP contribution < -0.4 is 15.6 Å². The van der Waals surface area contributed by atoms with Gasteiger partial charge < -0.3 is 35.1 Å². The van der Waals surface area contributed by atoms with E-state index in [9.17, 15) is 24.9 Å². The number of aliphatic hydroxyl groups is 2. The highest BCUT2D eigenvalue weighted by Crippen LogP contribution is 2.34. The summed E-state index contributed by atoms with van der Waals surface area (Å²) in [5, 5.41) is 36.8. The van der Waals surface area contributed by atoms with E-state index in [1.165, 1.54) is 17.7 Å². The Morgan fingerprint density at radius 1 is 0.870 bits per heavy atom. The van der Waals surface area contributed by atoms with Crippen molar-refractivity contribution in [1.82, 2.24) is 15.2 Å². The first-order valence-corrected chi connectivity index (χ1v) is 19.0. The molecule has 0 radical (unpaired) electrons. The molecule has 5 aromatic rings. The van der Waals surface area contributed by atoms with E-state index in [4.69, 9.17) is 9.47 Å². The minimum atomic E-state index is -1.98. The largest absolute Gasteiger partial charge is 0.506 e. The molecule has 2 heterocycles. The number of fused-ring (bicyclic) bond motifs is 1. The highest BCUT2D eigenvalue weighted by molar-refractivity contribution is 5.87. The lowest BCUT2D eigenvalue weighted by Crippen LogP contribution is -2.40. The molecule has 1 saturated heterocycles. The Hall–Kier alpha value is -5.00. The van der Waals surface area contributed by atoms with Gasteiger partial charge in [-0.15, -0.1) is 0 Å². The number of phenols is 1. The van der Waals surface area contributed by atoms with Crippen molar-refractivity contribution in [2.75, 3.05) is 39.4 Å². The van der Waals surface area contributed by atoms with Crippen molar-refractivity contribution in [2.24, 2.45) is 5.92 Å². The predicted octanol–water partition coefficient (Wildman–Crippen LogP) is 6.19. The zero-order valence-electron chi connectivity index (χ0n) is 30.7. The lowest BCUT2D eigenvalue weighted by Gasteiger charge is -2.33. The molecule has 0 unspecified atom stereocenters. The van der Waals surface area contributed by atoms with Gasteiger partial charge in [-0.1, -0.05) is 91.7 Å². The third kappa shape index (κ3) is 9.95. The summed E-state index contributed by atoms with van der Waals surface area (Å²) >= 11 is 0. The van der Waals surface area contributed by atoms with Crippen molar-refractivity contribution < 1.29 is 29.6 Å². The van der Waals surface area contributed by atoms with Crippen LogP contribution in [0.25, 0.3) is 10.9 Å². The van der Waals surface area contributed by atoms with Crippen LogP contribution in [0.15, 0.2) is 114 Å². The Balaban J connectivity index is 0.937. The number of phenolic OH excluding ortho intramolecular Hbond substituents is 1. The van der Waals surface area contributed by atoms with Gasteiger partial charge in [0.25, 0.3) is 0 Å². The van der Waals surface area contributed by atoms with Crippen molar-refractivity contribution in [2.45, 2.75) is 56.8 Å². The smallest absolute Gasteiger partial charge is 0.347 e. The van der Waals surface area contributed by atoms with Crippen LogP contribution >= 0.6 is 0 Å². The second-order valence-electron chi connectivity index (χ2n) is 14.2.